The summed E-state index contributed by atoms with van der Waals surface area (Å²) in [6.07, 6.45) is 5.05. The number of hydrogen-bond acceptors (Lipinski definition) is 4. The Morgan fingerprint density at radius 1 is 1.52 bits per heavy atom. The Bertz CT molecular complexity index is 797. The minimum absolute atomic E-state index is 0.0847. The predicted octanol–water partition coefficient (Wildman–Crippen LogP) is 2.07. The molecule has 1 amide bonds. The topological polar surface area (TPSA) is 83.1 Å². The average molecular weight is 311 g/mol. The molecule has 2 aromatic heterocycles. The van der Waals surface area contributed by atoms with E-state index >= 15 is 0 Å². The van der Waals surface area contributed by atoms with Gasteiger partial charge in [0.1, 0.15) is 11.6 Å². The van der Waals surface area contributed by atoms with Crippen molar-refractivity contribution in [2.24, 2.45) is 5.92 Å². The van der Waals surface area contributed by atoms with Crippen LogP contribution in [0.2, 0.25) is 0 Å². The van der Waals surface area contributed by atoms with Gasteiger partial charge in [-0.05, 0) is 51.5 Å². The van der Waals surface area contributed by atoms with Crippen molar-refractivity contribution in [2.75, 3.05) is 0 Å². The molecule has 1 fully saturated rings. The largest absolute Gasteiger partial charge is 0.353 e. The van der Waals surface area contributed by atoms with Crippen LogP contribution in [0, 0.1) is 31.1 Å². The molecule has 0 aliphatic heterocycles. The first-order valence-corrected chi connectivity index (χ1v) is 8.04. The number of rotatable bonds is 5. The lowest BCUT2D eigenvalue weighted by Gasteiger charge is -2.14. The fourth-order valence-electron chi connectivity index (χ4n) is 3.03. The number of nitrogens with one attached hydrogen (secondary N) is 1. The molecule has 0 saturated heterocycles. The summed E-state index contributed by atoms with van der Waals surface area (Å²) in [4.78, 5) is 16.6. The SMILES string of the molecule is Cc1nc2c(C#N)cnn2c(C)c1CCC(=O)N[C@H](C)C1CC1. The van der Waals surface area contributed by atoms with E-state index in [1.54, 1.807) is 4.52 Å². The summed E-state index contributed by atoms with van der Waals surface area (Å²) in [5, 5.41) is 16.4. The van der Waals surface area contributed by atoms with Gasteiger partial charge in [0.05, 0.1) is 6.20 Å². The lowest BCUT2D eigenvalue weighted by atomic mass is 10.1. The molecule has 23 heavy (non-hydrogen) atoms. The standard InChI is InChI=1S/C17H21N5O/c1-10(13-4-5-13)20-16(23)7-6-15-11(2)21-17-14(8-18)9-19-22(17)12(15)3/h9-10,13H,4-7H2,1-3H3,(H,20,23)/t10-/m1/s1. The molecule has 6 heteroatoms. The van der Waals surface area contributed by atoms with Crippen LogP contribution in [0.15, 0.2) is 6.20 Å². The number of aromatic nitrogens is 3. The maximum atomic E-state index is 12.1. The predicted molar refractivity (Wildman–Crippen MR) is 85.8 cm³/mol. The lowest BCUT2D eigenvalue weighted by molar-refractivity contribution is -0.121. The van der Waals surface area contributed by atoms with E-state index < -0.39 is 0 Å². The van der Waals surface area contributed by atoms with Crippen molar-refractivity contribution in [3.8, 4) is 6.07 Å². The van der Waals surface area contributed by atoms with Crippen LogP contribution in [0.3, 0.4) is 0 Å². The minimum Gasteiger partial charge on any atom is -0.353 e. The Hall–Kier alpha value is -2.42. The van der Waals surface area contributed by atoms with E-state index in [1.165, 1.54) is 19.0 Å². The van der Waals surface area contributed by atoms with E-state index in [0.29, 0.717) is 30.0 Å². The van der Waals surface area contributed by atoms with Crippen LogP contribution in [0.1, 0.15) is 48.7 Å². The quantitative estimate of drug-likeness (QED) is 0.916. The number of carbonyl (C=O) groups is 1. The normalized spacial score (nSPS) is 15.4. The summed E-state index contributed by atoms with van der Waals surface area (Å²) >= 11 is 0. The second-order valence-electron chi connectivity index (χ2n) is 6.36. The van der Waals surface area contributed by atoms with Crippen LogP contribution < -0.4 is 5.32 Å². The minimum atomic E-state index is 0.0847. The third-order valence-corrected chi connectivity index (χ3v) is 4.65. The molecular formula is C17H21N5O. The Kier molecular flexibility index (Phi) is 4.03. The second-order valence-corrected chi connectivity index (χ2v) is 6.36. The van der Waals surface area contributed by atoms with Crippen molar-refractivity contribution in [3.05, 3.63) is 28.7 Å². The molecule has 0 unspecified atom stereocenters. The van der Waals surface area contributed by atoms with Crippen molar-refractivity contribution < 1.29 is 4.79 Å². The van der Waals surface area contributed by atoms with Gasteiger partial charge in [0.15, 0.2) is 5.65 Å². The van der Waals surface area contributed by atoms with Crippen molar-refractivity contribution in [1.82, 2.24) is 19.9 Å². The Morgan fingerprint density at radius 2 is 2.26 bits per heavy atom. The highest BCUT2D eigenvalue weighted by Gasteiger charge is 2.28. The highest BCUT2D eigenvalue weighted by atomic mass is 16.1. The maximum absolute atomic E-state index is 12.1. The molecule has 2 heterocycles. The number of fused-ring (bicyclic) bond motifs is 1. The third-order valence-electron chi connectivity index (χ3n) is 4.65. The molecule has 1 aliphatic carbocycles. The highest BCUT2D eigenvalue weighted by molar-refractivity contribution is 5.76. The molecule has 0 radical (unpaired) electrons. The van der Waals surface area contributed by atoms with E-state index in [4.69, 9.17) is 5.26 Å². The molecule has 6 nitrogen and oxygen atoms in total. The van der Waals surface area contributed by atoms with E-state index in [1.807, 2.05) is 13.8 Å². The number of hydrogen-bond donors (Lipinski definition) is 1. The van der Waals surface area contributed by atoms with Gasteiger partial charge in [-0.1, -0.05) is 0 Å². The van der Waals surface area contributed by atoms with E-state index in [9.17, 15) is 4.79 Å². The summed E-state index contributed by atoms with van der Waals surface area (Å²) in [7, 11) is 0. The average Bonchev–Trinajstić information content (AvgIpc) is 3.28. The zero-order valence-corrected chi connectivity index (χ0v) is 13.8. The zero-order valence-electron chi connectivity index (χ0n) is 13.8. The fraction of sp³-hybridized carbons (Fsp3) is 0.529. The molecule has 0 spiro atoms. The van der Waals surface area contributed by atoms with Gasteiger partial charge in [-0.2, -0.15) is 10.4 Å². The fourth-order valence-corrected chi connectivity index (χ4v) is 3.03. The van der Waals surface area contributed by atoms with Gasteiger partial charge in [0.2, 0.25) is 5.91 Å². The summed E-state index contributed by atoms with van der Waals surface area (Å²) in [5.41, 5.74) is 3.88. The molecule has 0 aromatic carbocycles. The monoisotopic (exact) mass is 311 g/mol. The van der Waals surface area contributed by atoms with E-state index in [2.05, 4.69) is 28.4 Å². The summed E-state index contributed by atoms with van der Waals surface area (Å²) in [5.74, 6) is 0.746. The zero-order chi connectivity index (χ0) is 16.6. The number of aryl methyl sites for hydroxylation is 2. The molecular weight excluding hydrogens is 290 g/mol. The molecule has 1 saturated carbocycles. The second kappa shape index (κ2) is 5.99. The van der Waals surface area contributed by atoms with Gasteiger partial charge in [0, 0.05) is 23.9 Å². The van der Waals surface area contributed by atoms with Crippen molar-refractivity contribution >= 4 is 11.6 Å². The molecule has 2 aromatic rings. The molecule has 3 rings (SSSR count). The first-order chi connectivity index (χ1) is 11.0. The summed E-state index contributed by atoms with van der Waals surface area (Å²) in [6.45, 7) is 5.95. The smallest absolute Gasteiger partial charge is 0.220 e. The number of nitrogens with zero attached hydrogens (tertiary/aromatic N) is 4. The number of nitriles is 1. The molecule has 120 valence electrons. The van der Waals surface area contributed by atoms with Crippen LogP contribution in [0.5, 0.6) is 0 Å². The van der Waals surface area contributed by atoms with Gasteiger partial charge < -0.3 is 5.32 Å². The molecule has 1 aliphatic rings. The number of amides is 1. The van der Waals surface area contributed by atoms with Crippen LogP contribution in [-0.2, 0) is 11.2 Å². The molecule has 0 bridgehead atoms. The van der Waals surface area contributed by atoms with Crippen molar-refractivity contribution in [1.29, 1.82) is 5.26 Å². The number of carbonyl (C=O) groups excluding carboxylic acids is 1. The first kappa shape index (κ1) is 15.5. The molecule has 1 atom stereocenters. The van der Waals surface area contributed by atoms with Crippen LogP contribution >= 0.6 is 0 Å². The van der Waals surface area contributed by atoms with Gasteiger partial charge in [-0.25, -0.2) is 9.50 Å². The van der Waals surface area contributed by atoms with Crippen LogP contribution in [0.4, 0.5) is 0 Å². The van der Waals surface area contributed by atoms with Gasteiger partial charge >= 0.3 is 0 Å². The van der Waals surface area contributed by atoms with E-state index in [0.717, 1.165) is 17.0 Å². The Labute approximate surface area is 135 Å². The highest BCUT2D eigenvalue weighted by Crippen LogP contribution is 2.32. The maximum Gasteiger partial charge on any atom is 0.220 e. The third kappa shape index (κ3) is 3.04. The van der Waals surface area contributed by atoms with Gasteiger partial charge in [-0.3, -0.25) is 4.79 Å². The van der Waals surface area contributed by atoms with Crippen molar-refractivity contribution in [3.63, 3.8) is 0 Å². The van der Waals surface area contributed by atoms with Crippen LogP contribution in [-0.4, -0.2) is 26.5 Å². The van der Waals surface area contributed by atoms with Gasteiger partial charge in [0.25, 0.3) is 0 Å². The summed E-state index contributed by atoms with van der Waals surface area (Å²) in [6, 6.07) is 2.37. The van der Waals surface area contributed by atoms with Crippen molar-refractivity contribution in [2.45, 2.75) is 52.5 Å². The van der Waals surface area contributed by atoms with E-state index in [-0.39, 0.29) is 11.9 Å². The van der Waals surface area contributed by atoms with Crippen LogP contribution in [0.25, 0.3) is 5.65 Å². The Balaban J connectivity index is 1.75. The Morgan fingerprint density at radius 3 is 2.91 bits per heavy atom. The first-order valence-electron chi connectivity index (χ1n) is 8.04. The summed E-state index contributed by atoms with van der Waals surface area (Å²) < 4.78 is 1.69. The lowest BCUT2D eigenvalue weighted by Crippen LogP contribution is -2.34. The molecule has 1 N–H and O–H groups in total. The van der Waals surface area contributed by atoms with Gasteiger partial charge in [-0.15, -0.1) is 0 Å².